The van der Waals surface area contributed by atoms with Crippen LogP contribution < -0.4 is 0 Å². The van der Waals surface area contributed by atoms with Crippen LogP contribution >= 0.6 is 0 Å². The third-order valence-electron chi connectivity index (χ3n) is 12.8. The lowest BCUT2D eigenvalue weighted by atomic mass is 9.53. The van der Waals surface area contributed by atoms with Gasteiger partial charge in [0.25, 0.3) is 0 Å². The Labute approximate surface area is 314 Å². The van der Waals surface area contributed by atoms with E-state index in [4.69, 9.17) is 0 Å². The highest BCUT2D eigenvalue weighted by molar-refractivity contribution is 6.13. The maximum absolute atomic E-state index is 2.53. The second-order valence-corrected chi connectivity index (χ2v) is 15.7. The van der Waals surface area contributed by atoms with Crippen LogP contribution in [0, 0.1) is 0 Å². The highest BCUT2D eigenvalue weighted by Crippen LogP contribution is 2.60. The Kier molecular flexibility index (Phi) is 5.81. The van der Waals surface area contributed by atoms with Crippen LogP contribution in [-0.2, 0) is 10.8 Å². The highest BCUT2D eigenvalue weighted by Gasteiger charge is 2.52. The van der Waals surface area contributed by atoms with Gasteiger partial charge in [-0.05, 0) is 93.0 Å². The van der Waals surface area contributed by atoms with Crippen molar-refractivity contribution in [3.63, 3.8) is 0 Å². The number of hydrogen-bond donors (Lipinski definition) is 0. The molecule has 0 saturated heterocycles. The molecule has 0 radical (unpaired) electrons. The number of benzene rings is 8. The predicted molar refractivity (Wildman–Crippen MR) is 225 cm³/mol. The molecule has 0 bridgehead atoms. The lowest BCUT2D eigenvalue weighted by Gasteiger charge is -2.50. The molecule has 0 amide bonds. The van der Waals surface area contributed by atoms with Gasteiger partial charge in [0, 0.05) is 32.6 Å². The lowest BCUT2D eigenvalue weighted by molar-refractivity contribution is 0.556. The SMILES string of the molecule is CC1(C)c2ccccc2C2(c3ccccc3-n3c4ccccc4c4cccc2c43)c2ccc(-c3ccc4c(c3)c3ccccc3n4-c3ccccc3)cc21. The van der Waals surface area contributed by atoms with E-state index >= 15 is 0 Å². The molecule has 54 heavy (non-hydrogen) atoms. The van der Waals surface area contributed by atoms with Gasteiger partial charge in [0.2, 0.25) is 0 Å². The summed E-state index contributed by atoms with van der Waals surface area (Å²) >= 11 is 0. The Morgan fingerprint density at radius 3 is 1.72 bits per heavy atom. The van der Waals surface area contributed by atoms with Crippen molar-refractivity contribution in [2.75, 3.05) is 0 Å². The third-order valence-corrected chi connectivity index (χ3v) is 12.8. The minimum Gasteiger partial charge on any atom is -0.309 e. The molecule has 1 atom stereocenters. The molecule has 10 aromatic rings. The van der Waals surface area contributed by atoms with Crippen LogP contribution in [0.3, 0.4) is 0 Å². The number of rotatable bonds is 2. The van der Waals surface area contributed by atoms with Crippen molar-refractivity contribution in [2.24, 2.45) is 0 Å². The summed E-state index contributed by atoms with van der Waals surface area (Å²) in [5.74, 6) is 0. The Bertz CT molecular complexity index is 3190. The molecule has 2 aromatic heterocycles. The molecule has 2 nitrogen and oxygen atoms in total. The summed E-state index contributed by atoms with van der Waals surface area (Å²) in [5.41, 5.74) is 17.4. The van der Waals surface area contributed by atoms with Crippen molar-refractivity contribution < 1.29 is 0 Å². The predicted octanol–water partition coefficient (Wildman–Crippen LogP) is 12.9. The largest absolute Gasteiger partial charge is 0.309 e. The first-order valence-corrected chi connectivity index (χ1v) is 19.0. The van der Waals surface area contributed by atoms with Crippen molar-refractivity contribution in [3.05, 3.63) is 215 Å². The van der Waals surface area contributed by atoms with Crippen LogP contribution in [0.25, 0.3) is 66.1 Å². The van der Waals surface area contributed by atoms with E-state index in [0.717, 1.165) is 0 Å². The van der Waals surface area contributed by atoms with E-state index in [1.165, 1.54) is 99.5 Å². The van der Waals surface area contributed by atoms with Gasteiger partial charge in [0.1, 0.15) is 0 Å². The Morgan fingerprint density at radius 2 is 0.907 bits per heavy atom. The molecular formula is C52H36N2. The summed E-state index contributed by atoms with van der Waals surface area (Å²) in [6.45, 7) is 4.84. The summed E-state index contributed by atoms with van der Waals surface area (Å²) in [6.07, 6.45) is 0. The zero-order chi connectivity index (χ0) is 35.8. The van der Waals surface area contributed by atoms with Crippen LogP contribution in [-0.4, -0.2) is 9.13 Å². The first kappa shape index (κ1) is 29.9. The van der Waals surface area contributed by atoms with Gasteiger partial charge in [0.05, 0.1) is 33.2 Å². The van der Waals surface area contributed by atoms with E-state index in [-0.39, 0.29) is 5.41 Å². The summed E-state index contributed by atoms with van der Waals surface area (Å²) in [4.78, 5) is 0. The van der Waals surface area contributed by atoms with Gasteiger partial charge in [-0.2, -0.15) is 0 Å². The van der Waals surface area contributed by atoms with E-state index in [2.05, 4.69) is 205 Å². The minimum absolute atomic E-state index is 0.229. The first-order valence-electron chi connectivity index (χ1n) is 19.0. The van der Waals surface area contributed by atoms with Crippen LogP contribution in [0.15, 0.2) is 182 Å². The molecule has 1 unspecified atom stereocenters. The average molecular weight is 689 g/mol. The van der Waals surface area contributed by atoms with Gasteiger partial charge in [-0.25, -0.2) is 0 Å². The van der Waals surface area contributed by atoms with E-state index < -0.39 is 5.41 Å². The molecule has 1 aliphatic heterocycles. The molecule has 254 valence electrons. The topological polar surface area (TPSA) is 9.86 Å². The highest BCUT2D eigenvalue weighted by atomic mass is 15.0. The zero-order valence-electron chi connectivity index (χ0n) is 30.2. The molecule has 0 saturated carbocycles. The molecule has 3 heterocycles. The normalized spacial score (nSPS) is 16.6. The van der Waals surface area contributed by atoms with Gasteiger partial charge in [-0.3, -0.25) is 0 Å². The number of nitrogens with zero attached hydrogens (tertiary/aromatic N) is 2. The van der Waals surface area contributed by atoms with Crippen molar-refractivity contribution in [1.29, 1.82) is 0 Å². The third kappa shape index (κ3) is 3.60. The molecule has 1 spiro atoms. The van der Waals surface area contributed by atoms with Crippen molar-refractivity contribution >= 4 is 43.6 Å². The quantitative estimate of drug-likeness (QED) is 0.171. The van der Waals surface area contributed by atoms with Crippen molar-refractivity contribution in [3.8, 4) is 22.5 Å². The number of fused-ring (bicyclic) bond motifs is 14. The van der Waals surface area contributed by atoms with Crippen LogP contribution in [0.4, 0.5) is 0 Å². The standard InChI is InChI=1S/C52H36N2/c1-51(2)40-20-8-9-21-41(40)52(43-22-10-13-26-49(43)54-47-25-12-6-17-36(47)38-19-14-23-44(52)50(38)54)42-29-27-34(32-45(42)51)33-28-30-48-39(31-33)37-18-7-11-24-46(37)53(48)35-15-4-3-5-16-35/h3-32H,1-2H3. The summed E-state index contributed by atoms with van der Waals surface area (Å²) < 4.78 is 4.92. The summed E-state index contributed by atoms with van der Waals surface area (Å²) in [6, 6.07) is 68.2. The van der Waals surface area contributed by atoms with E-state index in [1.807, 2.05) is 0 Å². The van der Waals surface area contributed by atoms with Crippen LogP contribution in [0.5, 0.6) is 0 Å². The zero-order valence-corrected chi connectivity index (χ0v) is 30.2. The molecule has 0 N–H and O–H groups in total. The molecule has 2 aliphatic rings. The van der Waals surface area contributed by atoms with Crippen LogP contribution in [0.1, 0.15) is 47.2 Å². The molecule has 1 aliphatic carbocycles. The monoisotopic (exact) mass is 688 g/mol. The molecule has 0 fully saturated rings. The van der Waals surface area contributed by atoms with Gasteiger partial charge in [-0.15, -0.1) is 0 Å². The fourth-order valence-corrected chi connectivity index (χ4v) is 10.5. The number of aromatic nitrogens is 2. The fourth-order valence-electron chi connectivity index (χ4n) is 10.5. The second-order valence-electron chi connectivity index (χ2n) is 15.7. The fraction of sp³-hybridized carbons (Fsp3) is 0.0769. The summed E-state index contributed by atoms with van der Waals surface area (Å²) in [5, 5.41) is 5.14. The average Bonchev–Trinajstić information content (AvgIpc) is 3.75. The van der Waals surface area contributed by atoms with Crippen molar-refractivity contribution in [1.82, 2.24) is 9.13 Å². The first-order chi connectivity index (χ1) is 26.6. The lowest BCUT2D eigenvalue weighted by Crippen LogP contribution is -2.44. The van der Waals surface area contributed by atoms with E-state index in [1.54, 1.807) is 0 Å². The summed E-state index contributed by atoms with van der Waals surface area (Å²) in [7, 11) is 0. The van der Waals surface area contributed by atoms with Crippen molar-refractivity contribution in [2.45, 2.75) is 24.7 Å². The van der Waals surface area contributed by atoms with Gasteiger partial charge < -0.3 is 9.13 Å². The molecular weight excluding hydrogens is 653 g/mol. The number of hydrogen-bond acceptors (Lipinski definition) is 0. The Hall–Kier alpha value is -6.64. The van der Waals surface area contributed by atoms with Gasteiger partial charge in [-0.1, -0.05) is 147 Å². The maximum atomic E-state index is 2.53. The van der Waals surface area contributed by atoms with Crippen LogP contribution in [0.2, 0.25) is 0 Å². The Morgan fingerprint density at radius 1 is 0.352 bits per heavy atom. The Balaban J connectivity index is 1.16. The second kappa shape index (κ2) is 10.5. The van der Waals surface area contributed by atoms with E-state index in [0.29, 0.717) is 0 Å². The smallest absolute Gasteiger partial charge is 0.0748 e. The molecule has 12 rings (SSSR count). The molecule has 8 aromatic carbocycles. The molecule has 2 heteroatoms. The van der Waals surface area contributed by atoms with Gasteiger partial charge >= 0.3 is 0 Å². The number of para-hydroxylation sites is 5. The van der Waals surface area contributed by atoms with Gasteiger partial charge in [0.15, 0.2) is 0 Å². The maximum Gasteiger partial charge on any atom is 0.0748 e. The van der Waals surface area contributed by atoms with E-state index in [9.17, 15) is 0 Å². The minimum atomic E-state index is -0.493.